The highest BCUT2D eigenvalue weighted by molar-refractivity contribution is 5.89. The predicted octanol–water partition coefficient (Wildman–Crippen LogP) is 6.78. The van der Waals surface area contributed by atoms with Gasteiger partial charge in [-0.15, -0.1) is 0 Å². The minimum atomic E-state index is 0.904. The Hall–Kier alpha value is -1.68. The Balaban J connectivity index is 1.11. The van der Waals surface area contributed by atoms with Crippen molar-refractivity contribution in [2.75, 3.05) is 32.1 Å². The van der Waals surface area contributed by atoms with Crippen molar-refractivity contribution < 1.29 is 0 Å². The Morgan fingerprint density at radius 2 is 1.52 bits per heavy atom. The van der Waals surface area contributed by atoms with Crippen LogP contribution in [0.25, 0.3) is 10.9 Å². The maximum atomic E-state index is 4.88. The van der Waals surface area contributed by atoms with Crippen LogP contribution < -0.4 is 10.2 Å². The molecule has 4 rings (SSSR count). The molecular formula is C29H46N4. The summed E-state index contributed by atoms with van der Waals surface area (Å²) < 4.78 is 0. The zero-order valence-corrected chi connectivity index (χ0v) is 21.2. The number of fused-ring (bicyclic) bond motifs is 1. The lowest BCUT2D eigenvalue weighted by atomic mass is 9.80. The van der Waals surface area contributed by atoms with Gasteiger partial charge in [0.2, 0.25) is 0 Å². The molecular weight excluding hydrogens is 404 g/mol. The fourth-order valence-electron chi connectivity index (χ4n) is 6.13. The molecule has 0 unspecified atom stereocenters. The summed E-state index contributed by atoms with van der Waals surface area (Å²) in [5, 5.41) is 4.93. The molecule has 33 heavy (non-hydrogen) atoms. The molecule has 1 aromatic heterocycles. The molecule has 2 aliphatic rings. The molecule has 2 aromatic rings. The van der Waals surface area contributed by atoms with Crippen LogP contribution in [0.4, 0.5) is 5.82 Å². The highest BCUT2D eigenvalue weighted by Crippen LogP contribution is 2.32. The molecule has 0 bridgehead atoms. The smallest absolute Gasteiger partial charge is 0.139 e. The molecule has 0 atom stereocenters. The van der Waals surface area contributed by atoms with Crippen LogP contribution >= 0.6 is 0 Å². The standard InChI is InChI=1S/C29H46N4/c1-33(2)29-26-14-6-7-15-27(26)31-28(32-29)16-8-12-24-17-19-25(20-18-24)22-30-21-9-13-23-10-4-3-5-11-23/h6-7,14-15,23-25,30H,3-5,8-13,16-22H2,1-2H3. The van der Waals surface area contributed by atoms with E-state index >= 15 is 0 Å². The number of hydrogen-bond acceptors (Lipinski definition) is 4. The van der Waals surface area contributed by atoms with E-state index in [0.717, 1.165) is 46.7 Å². The first-order valence-corrected chi connectivity index (χ1v) is 13.8. The number of nitrogens with one attached hydrogen (secondary N) is 1. The monoisotopic (exact) mass is 450 g/mol. The molecule has 0 saturated heterocycles. The normalized spacial score (nSPS) is 22.0. The van der Waals surface area contributed by atoms with E-state index in [9.17, 15) is 0 Å². The lowest BCUT2D eigenvalue weighted by Gasteiger charge is -2.29. The van der Waals surface area contributed by atoms with Gasteiger partial charge in [-0.05, 0) is 75.1 Å². The third kappa shape index (κ3) is 7.40. The molecule has 0 spiro atoms. The number of aryl methyl sites for hydroxylation is 1. The average molecular weight is 451 g/mol. The quantitative estimate of drug-likeness (QED) is 0.383. The Morgan fingerprint density at radius 1 is 0.818 bits per heavy atom. The van der Waals surface area contributed by atoms with Gasteiger partial charge in [0.05, 0.1) is 5.52 Å². The highest BCUT2D eigenvalue weighted by atomic mass is 15.1. The van der Waals surface area contributed by atoms with E-state index in [2.05, 4.69) is 48.6 Å². The Morgan fingerprint density at radius 3 is 2.30 bits per heavy atom. The van der Waals surface area contributed by atoms with Gasteiger partial charge in [0, 0.05) is 25.9 Å². The van der Waals surface area contributed by atoms with Gasteiger partial charge >= 0.3 is 0 Å². The number of rotatable bonds is 11. The zero-order chi connectivity index (χ0) is 22.9. The lowest BCUT2D eigenvalue weighted by Crippen LogP contribution is -2.27. The molecule has 4 heteroatoms. The van der Waals surface area contributed by atoms with Gasteiger partial charge in [0.15, 0.2) is 0 Å². The molecule has 0 radical (unpaired) electrons. The van der Waals surface area contributed by atoms with Crippen LogP contribution in [0.5, 0.6) is 0 Å². The van der Waals surface area contributed by atoms with Gasteiger partial charge in [-0.1, -0.05) is 63.5 Å². The molecule has 2 fully saturated rings. The summed E-state index contributed by atoms with van der Waals surface area (Å²) >= 11 is 0. The van der Waals surface area contributed by atoms with E-state index in [1.165, 1.54) is 96.6 Å². The van der Waals surface area contributed by atoms with Crippen molar-refractivity contribution in [1.29, 1.82) is 0 Å². The summed E-state index contributed by atoms with van der Waals surface area (Å²) in [6.45, 7) is 2.48. The van der Waals surface area contributed by atoms with Crippen molar-refractivity contribution in [1.82, 2.24) is 15.3 Å². The van der Waals surface area contributed by atoms with Crippen molar-refractivity contribution in [3.8, 4) is 0 Å². The summed E-state index contributed by atoms with van der Waals surface area (Å²) in [4.78, 5) is 11.8. The number of benzene rings is 1. The average Bonchev–Trinajstić information content (AvgIpc) is 2.85. The van der Waals surface area contributed by atoms with Crippen molar-refractivity contribution in [3.63, 3.8) is 0 Å². The Bertz CT molecular complexity index is 835. The summed E-state index contributed by atoms with van der Waals surface area (Å²) in [7, 11) is 4.14. The van der Waals surface area contributed by atoms with Gasteiger partial charge in [-0.25, -0.2) is 9.97 Å². The van der Waals surface area contributed by atoms with Crippen LogP contribution in [0.1, 0.15) is 89.3 Å². The predicted molar refractivity (Wildman–Crippen MR) is 141 cm³/mol. The Labute approximate surface area is 202 Å². The summed E-state index contributed by atoms with van der Waals surface area (Å²) in [5.41, 5.74) is 1.07. The second-order valence-corrected chi connectivity index (χ2v) is 11.0. The molecule has 4 nitrogen and oxygen atoms in total. The number of hydrogen-bond donors (Lipinski definition) is 1. The van der Waals surface area contributed by atoms with Crippen LogP contribution in [0.15, 0.2) is 24.3 Å². The molecule has 0 aliphatic heterocycles. The fourth-order valence-corrected chi connectivity index (χ4v) is 6.13. The largest absolute Gasteiger partial charge is 0.362 e. The van der Waals surface area contributed by atoms with E-state index in [1.54, 1.807) is 0 Å². The number of anilines is 1. The molecule has 2 saturated carbocycles. The number of aromatic nitrogens is 2. The summed E-state index contributed by atoms with van der Waals surface area (Å²) in [5.74, 6) is 4.89. The van der Waals surface area contributed by atoms with Gasteiger partial charge in [-0.3, -0.25) is 0 Å². The summed E-state index contributed by atoms with van der Waals surface area (Å²) in [6, 6.07) is 8.38. The van der Waals surface area contributed by atoms with Crippen LogP contribution in [0.3, 0.4) is 0 Å². The van der Waals surface area contributed by atoms with Crippen LogP contribution in [-0.4, -0.2) is 37.2 Å². The third-order valence-corrected chi connectivity index (χ3v) is 8.16. The highest BCUT2D eigenvalue weighted by Gasteiger charge is 2.21. The van der Waals surface area contributed by atoms with E-state index in [4.69, 9.17) is 9.97 Å². The fraction of sp³-hybridized carbons (Fsp3) is 0.724. The maximum Gasteiger partial charge on any atom is 0.139 e. The molecule has 1 heterocycles. The van der Waals surface area contributed by atoms with Gasteiger partial charge < -0.3 is 10.2 Å². The molecule has 0 amide bonds. The summed E-state index contributed by atoms with van der Waals surface area (Å²) in [6.07, 6.45) is 19.4. The SMILES string of the molecule is CN(C)c1nc(CCCC2CCC(CNCCCC3CCCCC3)CC2)nc2ccccc12. The first-order valence-electron chi connectivity index (χ1n) is 13.8. The van der Waals surface area contributed by atoms with Crippen molar-refractivity contribution >= 4 is 16.7 Å². The minimum absolute atomic E-state index is 0.904. The van der Waals surface area contributed by atoms with E-state index in [0.29, 0.717) is 0 Å². The first-order chi connectivity index (χ1) is 16.2. The van der Waals surface area contributed by atoms with Gasteiger partial charge in [-0.2, -0.15) is 0 Å². The first kappa shape index (κ1) is 24.4. The zero-order valence-electron chi connectivity index (χ0n) is 21.2. The lowest BCUT2D eigenvalue weighted by molar-refractivity contribution is 0.252. The van der Waals surface area contributed by atoms with Crippen LogP contribution in [0.2, 0.25) is 0 Å². The topological polar surface area (TPSA) is 41.1 Å². The maximum absolute atomic E-state index is 4.88. The number of para-hydroxylation sites is 1. The second kappa shape index (κ2) is 12.7. The molecule has 1 aromatic carbocycles. The van der Waals surface area contributed by atoms with E-state index < -0.39 is 0 Å². The Kier molecular flexibility index (Phi) is 9.40. The van der Waals surface area contributed by atoms with Crippen LogP contribution in [-0.2, 0) is 6.42 Å². The number of nitrogens with zero attached hydrogens (tertiary/aromatic N) is 3. The van der Waals surface area contributed by atoms with Crippen molar-refractivity contribution in [3.05, 3.63) is 30.1 Å². The molecule has 2 aliphatic carbocycles. The van der Waals surface area contributed by atoms with Gasteiger partial charge in [0.1, 0.15) is 11.6 Å². The molecule has 1 N–H and O–H groups in total. The van der Waals surface area contributed by atoms with Gasteiger partial charge in [0.25, 0.3) is 0 Å². The van der Waals surface area contributed by atoms with Crippen molar-refractivity contribution in [2.45, 2.75) is 89.9 Å². The van der Waals surface area contributed by atoms with E-state index in [-0.39, 0.29) is 0 Å². The second-order valence-electron chi connectivity index (χ2n) is 11.0. The van der Waals surface area contributed by atoms with E-state index in [1.807, 2.05) is 0 Å². The molecule has 182 valence electrons. The van der Waals surface area contributed by atoms with Crippen molar-refractivity contribution in [2.24, 2.45) is 17.8 Å². The third-order valence-electron chi connectivity index (χ3n) is 8.16. The minimum Gasteiger partial charge on any atom is -0.362 e. The van der Waals surface area contributed by atoms with Crippen LogP contribution in [0, 0.1) is 17.8 Å².